The number of likely N-dealkylation sites (tertiary alicyclic amines) is 1. The summed E-state index contributed by atoms with van der Waals surface area (Å²) >= 11 is 0. The van der Waals surface area contributed by atoms with Gasteiger partial charge in [-0.1, -0.05) is 11.8 Å². The van der Waals surface area contributed by atoms with E-state index in [2.05, 4.69) is 16.8 Å². The normalized spacial score (nSPS) is 19.6. The van der Waals surface area contributed by atoms with Gasteiger partial charge in [0.15, 0.2) is 5.69 Å². The largest absolute Gasteiger partial charge is 0.491 e. The molecule has 1 aromatic carbocycles. The van der Waals surface area contributed by atoms with Gasteiger partial charge in [-0.25, -0.2) is 4.98 Å². The summed E-state index contributed by atoms with van der Waals surface area (Å²) in [4.78, 5) is 29.8. The second-order valence-corrected chi connectivity index (χ2v) is 7.23. The highest BCUT2D eigenvalue weighted by Crippen LogP contribution is 2.34. The second kappa shape index (κ2) is 7.21. The summed E-state index contributed by atoms with van der Waals surface area (Å²) in [7, 11) is 1.62. The molecule has 1 unspecified atom stereocenters. The SMILES string of the molecule is CN1CCC(O)(C#Cc2ccc3c(c2)-c2nc(C(N)=O)c(CC#N)n2CCO3)C1=O. The summed E-state index contributed by atoms with van der Waals surface area (Å²) in [6, 6.07) is 7.21. The number of carbonyl (C=O) groups is 2. The number of hydrogen-bond donors (Lipinski definition) is 2. The summed E-state index contributed by atoms with van der Waals surface area (Å²) in [5, 5.41) is 19.7. The highest BCUT2D eigenvalue weighted by Gasteiger charge is 2.42. The summed E-state index contributed by atoms with van der Waals surface area (Å²) < 4.78 is 7.55. The van der Waals surface area contributed by atoms with Crippen LogP contribution in [0.4, 0.5) is 0 Å². The topological polar surface area (TPSA) is 134 Å². The number of benzene rings is 1. The van der Waals surface area contributed by atoms with Gasteiger partial charge in [-0.15, -0.1) is 0 Å². The number of likely N-dealkylation sites (N-methyl/N-ethyl adjacent to an activating group) is 1. The van der Waals surface area contributed by atoms with E-state index in [1.165, 1.54) is 4.90 Å². The molecule has 1 aromatic heterocycles. The van der Waals surface area contributed by atoms with Crippen LogP contribution in [0.2, 0.25) is 0 Å². The minimum absolute atomic E-state index is 0.0111. The molecule has 30 heavy (non-hydrogen) atoms. The van der Waals surface area contributed by atoms with Gasteiger partial charge in [-0.3, -0.25) is 9.59 Å². The lowest BCUT2D eigenvalue weighted by molar-refractivity contribution is -0.137. The number of nitriles is 1. The maximum Gasteiger partial charge on any atom is 0.269 e. The molecule has 3 heterocycles. The first kappa shape index (κ1) is 19.5. The van der Waals surface area contributed by atoms with Crippen molar-refractivity contribution in [3.8, 4) is 35.0 Å². The molecule has 9 nitrogen and oxygen atoms in total. The van der Waals surface area contributed by atoms with Crippen LogP contribution in [0.1, 0.15) is 28.2 Å². The Balaban J connectivity index is 1.79. The molecule has 2 amide bonds. The molecular formula is C21H19N5O4. The molecule has 0 aliphatic carbocycles. The van der Waals surface area contributed by atoms with Gasteiger partial charge in [0.2, 0.25) is 5.60 Å². The highest BCUT2D eigenvalue weighted by atomic mass is 16.5. The molecule has 1 atom stereocenters. The van der Waals surface area contributed by atoms with Crippen LogP contribution in [0.15, 0.2) is 18.2 Å². The van der Waals surface area contributed by atoms with Gasteiger partial charge in [0.05, 0.1) is 30.3 Å². The Morgan fingerprint density at radius 2 is 2.23 bits per heavy atom. The zero-order valence-electron chi connectivity index (χ0n) is 16.3. The van der Waals surface area contributed by atoms with Gasteiger partial charge >= 0.3 is 0 Å². The van der Waals surface area contributed by atoms with Crippen LogP contribution in [-0.4, -0.2) is 57.2 Å². The van der Waals surface area contributed by atoms with Crippen LogP contribution >= 0.6 is 0 Å². The maximum absolute atomic E-state index is 12.1. The van der Waals surface area contributed by atoms with Gasteiger partial charge in [0.25, 0.3) is 11.8 Å². The number of amides is 2. The van der Waals surface area contributed by atoms with Crippen LogP contribution in [-0.2, 0) is 17.8 Å². The molecule has 2 aromatic rings. The molecular weight excluding hydrogens is 386 g/mol. The molecule has 1 fully saturated rings. The van der Waals surface area contributed by atoms with Crippen molar-refractivity contribution in [3.05, 3.63) is 35.2 Å². The summed E-state index contributed by atoms with van der Waals surface area (Å²) in [6.45, 7) is 1.18. The van der Waals surface area contributed by atoms with E-state index in [1.54, 1.807) is 29.8 Å². The van der Waals surface area contributed by atoms with Gasteiger partial charge < -0.3 is 25.0 Å². The smallest absolute Gasteiger partial charge is 0.269 e. The Morgan fingerprint density at radius 3 is 2.90 bits per heavy atom. The molecule has 0 radical (unpaired) electrons. The molecule has 0 saturated carbocycles. The highest BCUT2D eigenvalue weighted by molar-refractivity contribution is 5.93. The molecule has 2 aliphatic heterocycles. The van der Waals surface area contributed by atoms with E-state index < -0.39 is 17.4 Å². The Hall–Kier alpha value is -3.82. The van der Waals surface area contributed by atoms with E-state index in [9.17, 15) is 14.7 Å². The lowest BCUT2D eigenvalue weighted by Crippen LogP contribution is -2.37. The zero-order chi connectivity index (χ0) is 21.5. The van der Waals surface area contributed by atoms with Crippen molar-refractivity contribution < 1.29 is 19.4 Å². The predicted molar refractivity (Wildman–Crippen MR) is 105 cm³/mol. The molecule has 9 heteroatoms. The molecule has 2 aliphatic rings. The average molecular weight is 405 g/mol. The lowest BCUT2D eigenvalue weighted by Gasteiger charge is -2.13. The first-order valence-electron chi connectivity index (χ1n) is 9.38. The third-order valence-electron chi connectivity index (χ3n) is 5.27. The lowest BCUT2D eigenvalue weighted by atomic mass is 10.0. The number of hydrogen-bond acceptors (Lipinski definition) is 6. The van der Waals surface area contributed by atoms with Gasteiger partial charge in [-0.05, 0) is 18.2 Å². The first-order valence-corrected chi connectivity index (χ1v) is 9.38. The fourth-order valence-electron chi connectivity index (χ4n) is 3.68. The number of fused-ring (bicyclic) bond motifs is 3. The number of carbonyl (C=O) groups excluding carboxylic acids is 2. The monoisotopic (exact) mass is 405 g/mol. The molecule has 3 N–H and O–H groups in total. The molecule has 0 bridgehead atoms. The standard InChI is InChI=1S/C21H19N5O4/c1-25-9-7-21(29,20(25)28)6-4-13-2-3-16-14(12-13)19-24-17(18(23)27)15(5-8-22)26(19)10-11-30-16/h2-3,12,29H,5,7,9-11H2,1H3,(H2,23,27). The third kappa shape index (κ3) is 3.15. The summed E-state index contributed by atoms with van der Waals surface area (Å²) in [6.07, 6.45) is 0.232. The van der Waals surface area contributed by atoms with Crippen molar-refractivity contribution in [2.24, 2.45) is 5.73 Å². The maximum atomic E-state index is 12.1. The molecule has 152 valence electrons. The Bertz CT molecular complexity index is 1170. The van der Waals surface area contributed by atoms with Crippen LogP contribution in [0.5, 0.6) is 5.75 Å². The fraction of sp³-hybridized carbons (Fsp3) is 0.333. The predicted octanol–water partition coefficient (Wildman–Crippen LogP) is 0.0522. The molecule has 0 spiro atoms. The summed E-state index contributed by atoms with van der Waals surface area (Å²) in [5.74, 6) is 5.44. The number of ether oxygens (including phenoxy) is 1. The van der Waals surface area contributed by atoms with Crippen molar-refractivity contribution in [2.45, 2.75) is 25.0 Å². The van der Waals surface area contributed by atoms with E-state index in [-0.39, 0.29) is 18.5 Å². The Morgan fingerprint density at radius 1 is 1.43 bits per heavy atom. The number of imidazole rings is 1. The molecule has 1 saturated heterocycles. The Labute approximate surface area is 172 Å². The van der Waals surface area contributed by atoms with Gasteiger partial charge in [0.1, 0.15) is 18.2 Å². The van der Waals surface area contributed by atoms with Crippen LogP contribution in [0.25, 0.3) is 11.4 Å². The van der Waals surface area contributed by atoms with Crippen LogP contribution in [0.3, 0.4) is 0 Å². The molecule has 4 rings (SSSR count). The van der Waals surface area contributed by atoms with Crippen molar-refractivity contribution in [1.82, 2.24) is 14.5 Å². The minimum atomic E-state index is -1.70. The van der Waals surface area contributed by atoms with E-state index in [1.807, 2.05) is 6.07 Å². The quantitative estimate of drug-likeness (QED) is 0.678. The number of nitrogens with zero attached hydrogens (tertiary/aromatic N) is 4. The number of aliphatic hydroxyl groups is 1. The van der Waals surface area contributed by atoms with Gasteiger partial charge in [0, 0.05) is 25.6 Å². The van der Waals surface area contributed by atoms with Crippen molar-refractivity contribution in [3.63, 3.8) is 0 Å². The Kier molecular flexibility index (Phi) is 4.69. The number of nitrogens with two attached hydrogens (primary N) is 1. The zero-order valence-corrected chi connectivity index (χ0v) is 16.3. The van der Waals surface area contributed by atoms with E-state index in [0.717, 1.165) is 0 Å². The van der Waals surface area contributed by atoms with Crippen LogP contribution < -0.4 is 10.5 Å². The second-order valence-electron chi connectivity index (χ2n) is 7.23. The number of primary amides is 1. The summed E-state index contributed by atoms with van der Waals surface area (Å²) in [5.41, 5.74) is 5.41. The van der Waals surface area contributed by atoms with Gasteiger partial charge in [-0.2, -0.15) is 5.26 Å². The van der Waals surface area contributed by atoms with E-state index in [4.69, 9.17) is 15.7 Å². The number of aromatic nitrogens is 2. The fourth-order valence-corrected chi connectivity index (χ4v) is 3.68. The third-order valence-corrected chi connectivity index (χ3v) is 5.27. The van der Waals surface area contributed by atoms with Crippen molar-refractivity contribution in [2.75, 3.05) is 20.2 Å². The van der Waals surface area contributed by atoms with Crippen molar-refractivity contribution in [1.29, 1.82) is 5.26 Å². The number of rotatable bonds is 2. The van der Waals surface area contributed by atoms with Crippen molar-refractivity contribution >= 4 is 11.8 Å². The minimum Gasteiger partial charge on any atom is -0.491 e. The van der Waals surface area contributed by atoms with E-state index >= 15 is 0 Å². The van der Waals surface area contributed by atoms with Crippen LogP contribution in [0, 0.1) is 23.2 Å². The average Bonchev–Trinajstić information content (AvgIpc) is 3.13. The first-order chi connectivity index (χ1) is 14.3. The van der Waals surface area contributed by atoms with E-state index in [0.29, 0.717) is 48.1 Å².